The maximum Gasteiger partial charge on any atom is 0.0107 e. The monoisotopic (exact) mass is 268 g/mol. The molecule has 0 aliphatic heterocycles. The van der Waals surface area contributed by atoms with Crippen molar-refractivity contribution < 1.29 is 0 Å². The summed E-state index contributed by atoms with van der Waals surface area (Å²) in [5, 5.41) is 3.78. The van der Waals surface area contributed by atoms with Crippen LogP contribution in [-0.4, -0.2) is 37.1 Å². The maximum atomic E-state index is 3.78. The molecule has 1 fully saturated rings. The third kappa shape index (κ3) is 6.27. The number of hydrogen-bond donors (Lipinski definition) is 1. The lowest BCUT2D eigenvalue weighted by molar-refractivity contribution is 0.158. The van der Waals surface area contributed by atoms with Crippen molar-refractivity contribution in [1.29, 1.82) is 0 Å². The Morgan fingerprint density at radius 2 is 1.63 bits per heavy atom. The van der Waals surface area contributed by atoms with Gasteiger partial charge in [-0.3, -0.25) is 0 Å². The van der Waals surface area contributed by atoms with Gasteiger partial charge in [0.2, 0.25) is 0 Å². The van der Waals surface area contributed by atoms with Crippen molar-refractivity contribution in [2.24, 2.45) is 11.3 Å². The van der Waals surface area contributed by atoms with Crippen molar-refractivity contribution >= 4 is 0 Å². The van der Waals surface area contributed by atoms with Crippen LogP contribution in [0.15, 0.2) is 0 Å². The fourth-order valence-electron chi connectivity index (χ4n) is 3.33. The van der Waals surface area contributed by atoms with E-state index in [-0.39, 0.29) is 0 Å². The third-order valence-corrected chi connectivity index (χ3v) is 4.80. The molecule has 114 valence electrons. The fraction of sp³-hybridized carbons (Fsp3) is 1.00. The second-order valence-electron chi connectivity index (χ2n) is 7.30. The molecule has 0 aromatic rings. The molecule has 0 aromatic heterocycles. The summed E-state index contributed by atoms with van der Waals surface area (Å²) in [5.41, 5.74) is 0.505. The molecule has 0 unspecified atom stereocenters. The van der Waals surface area contributed by atoms with Gasteiger partial charge in [-0.1, -0.05) is 34.6 Å². The average Bonchev–Trinajstić information content (AvgIpc) is 2.37. The second-order valence-corrected chi connectivity index (χ2v) is 7.30. The van der Waals surface area contributed by atoms with Gasteiger partial charge in [-0.25, -0.2) is 0 Å². The van der Waals surface area contributed by atoms with Gasteiger partial charge in [0.1, 0.15) is 0 Å². The maximum absolute atomic E-state index is 3.78. The van der Waals surface area contributed by atoms with E-state index in [0.717, 1.165) is 12.0 Å². The topological polar surface area (TPSA) is 15.3 Å². The molecule has 1 saturated carbocycles. The SMILES string of the molecule is CCCN(CC)CCNC1CCC(C(C)(C)C)CC1. The molecule has 19 heavy (non-hydrogen) atoms. The second kappa shape index (κ2) is 8.26. The van der Waals surface area contributed by atoms with Gasteiger partial charge in [-0.15, -0.1) is 0 Å². The quantitative estimate of drug-likeness (QED) is 0.753. The number of nitrogens with zero attached hydrogens (tertiary/aromatic N) is 1. The van der Waals surface area contributed by atoms with Gasteiger partial charge in [0.05, 0.1) is 0 Å². The number of rotatable bonds is 7. The first-order valence-electron chi connectivity index (χ1n) is 8.43. The summed E-state index contributed by atoms with van der Waals surface area (Å²) in [4.78, 5) is 2.55. The van der Waals surface area contributed by atoms with Gasteiger partial charge in [0.25, 0.3) is 0 Å². The summed E-state index contributed by atoms with van der Waals surface area (Å²) < 4.78 is 0. The molecule has 1 N–H and O–H groups in total. The summed E-state index contributed by atoms with van der Waals surface area (Å²) in [6, 6.07) is 0.777. The molecule has 0 saturated heterocycles. The predicted molar refractivity (Wildman–Crippen MR) is 85.6 cm³/mol. The average molecular weight is 268 g/mol. The Balaban J connectivity index is 2.16. The van der Waals surface area contributed by atoms with Crippen LogP contribution < -0.4 is 5.32 Å². The molecule has 0 spiro atoms. The minimum absolute atomic E-state index is 0.505. The molecule has 0 radical (unpaired) electrons. The van der Waals surface area contributed by atoms with Gasteiger partial charge >= 0.3 is 0 Å². The predicted octanol–water partition coefficient (Wildman–Crippen LogP) is 3.91. The standard InChI is InChI=1S/C17H36N2/c1-6-13-19(7-2)14-12-18-16-10-8-15(9-11-16)17(3,4)5/h15-16,18H,6-14H2,1-5H3. The molecule has 1 aliphatic rings. The first-order valence-corrected chi connectivity index (χ1v) is 8.43. The van der Waals surface area contributed by atoms with E-state index in [1.807, 2.05) is 0 Å². The Labute approximate surface area is 121 Å². The van der Waals surface area contributed by atoms with Crippen LogP contribution in [0, 0.1) is 11.3 Å². The molecule has 0 aromatic carbocycles. The van der Waals surface area contributed by atoms with Crippen molar-refractivity contribution in [1.82, 2.24) is 10.2 Å². The zero-order valence-corrected chi connectivity index (χ0v) is 14.0. The van der Waals surface area contributed by atoms with Gasteiger partial charge in [-0.2, -0.15) is 0 Å². The van der Waals surface area contributed by atoms with Gasteiger partial charge in [-0.05, 0) is 56.5 Å². The number of likely N-dealkylation sites (N-methyl/N-ethyl adjacent to an activating group) is 1. The Kier molecular flexibility index (Phi) is 7.38. The van der Waals surface area contributed by atoms with Crippen molar-refractivity contribution in [3.8, 4) is 0 Å². The van der Waals surface area contributed by atoms with Crippen LogP contribution in [0.25, 0.3) is 0 Å². The van der Waals surface area contributed by atoms with E-state index in [0.29, 0.717) is 5.41 Å². The third-order valence-electron chi connectivity index (χ3n) is 4.80. The highest BCUT2D eigenvalue weighted by atomic mass is 15.1. The minimum Gasteiger partial charge on any atom is -0.313 e. The molecule has 0 amide bonds. The molecule has 2 heteroatoms. The summed E-state index contributed by atoms with van der Waals surface area (Å²) in [7, 11) is 0. The van der Waals surface area contributed by atoms with Gasteiger partial charge in [0, 0.05) is 19.1 Å². The normalized spacial score (nSPS) is 24.9. The summed E-state index contributed by atoms with van der Waals surface area (Å²) >= 11 is 0. The van der Waals surface area contributed by atoms with E-state index >= 15 is 0 Å². The van der Waals surface area contributed by atoms with Crippen molar-refractivity contribution in [2.45, 2.75) is 72.8 Å². The van der Waals surface area contributed by atoms with Crippen LogP contribution in [0.2, 0.25) is 0 Å². The van der Waals surface area contributed by atoms with Gasteiger partial charge < -0.3 is 10.2 Å². The van der Waals surface area contributed by atoms with E-state index < -0.39 is 0 Å². The molecular weight excluding hydrogens is 232 g/mol. The van der Waals surface area contributed by atoms with Crippen LogP contribution in [0.1, 0.15) is 66.7 Å². The summed E-state index contributed by atoms with van der Waals surface area (Å²) in [6.07, 6.45) is 6.84. The highest BCUT2D eigenvalue weighted by Gasteiger charge is 2.29. The Bertz CT molecular complexity index is 224. The summed E-state index contributed by atoms with van der Waals surface area (Å²) in [5.74, 6) is 0.929. The molecule has 1 rings (SSSR count). The highest BCUT2D eigenvalue weighted by Crippen LogP contribution is 2.37. The lowest BCUT2D eigenvalue weighted by Gasteiger charge is -2.37. The smallest absolute Gasteiger partial charge is 0.0107 e. The largest absolute Gasteiger partial charge is 0.313 e. The Morgan fingerprint density at radius 1 is 1.00 bits per heavy atom. The minimum atomic E-state index is 0.505. The van der Waals surface area contributed by atoms with E-state index in [4.69, 9.17) is 0 Å². The van der Waals surface area contributed by atoms with Gasteiger partial charge in [0.15, 0.2) is 0 Å². The van der Waals surface area contributed by atoms with Crippen molar-refractivity contribution in [3.05, 3.63) is 0 Å². The van der Waals surface area contributed by atoms with Crippen molar-refractivity contribution in [2.75, 3.05) is 26.2 Å². The van der Waals surface area contributed by atoms with E-state index in [2.05, 4.69) is 44.8 Å². The van der Waals surface area contributed by atoms with E-state index in [1.165, 1.54) is 58.3 Å². The summed E-state index contributed by atoms with van der Waals surface area (Å²) in [6.45, 7) is 16.5. The van der Waals surface area contributed by atoms with Crippen LogP contribution in [0.3, 0.4) is 0 Å². The van der Waals surface area contributed by atoms with Crippen LogP contribution >= 0.6 is 0 Å². The van der Waals surface area contributed by atoms with E-state index in [1.54, 1.807) is 0 Å². The molecule has 0 atom stereocenters. The zero-order valence-electron chi connectivity index (χ0n) is 14.0. The highest BCUT2D eigenvalue weighted by molar-refractivity contribution is 4.83. The first-order chi connectivity index (χ1) is 8.97. The van der Waals surface area contributed by atoms with Crippen LogP contribution in [0.4, 0.5) is 0 Å². The molecular formula is C17H36N2. The van der Waals surface area contributed by atoms with Crippen molar-refractivity contribution in [3.63, 3.8) is 0 Å². The molecule has 2 nitrogen and oxygen atoms in total. The molecule has 0 bridgehead atoms. The first kappa shape index (κ1) is 17.0. The molecule has 1 aliphatic carbocycles. The van der Waals surface area contributed by atoms with Crippen LogP contribution in [0.5, 0.6) is 0 Å². The lowest BCUT2D eigenvalue weighted by atomic mass is 9.71. The number of nitrogens with one attached hydrogen (secondary N) is 1. The fourth-order valence-corrected chi connectivity index (χ4v) is 3.33. The zero-order chi connectivity index (χ0) is 14.3. The molecule has 0 heterocycles. The van der Waals surface area contributed by atoms with E-state index in [9.17, 15) is 0 Å². The Hall–Kier alpha value is -0.0800. The number of hydrogen-bond acceptors (Lipinski definition) is 2. The Morgan fingerprint density at radius 3 is 2.11 bits per heavy atom. The van der Waals surface area contributed by atoms with Crippen LogP contribution in [-0.2, 0) is 0 Å². The lowest BCUT2D eigenvalue weighted by Crippen LogP contribution is -2.40.